The van der Waals surface area contributed by atoms with Gasteiger partial charge in [0.05, 0.1) is 31.0 Å². The third-order valence-corrected chi connectivity index (χ3v) is 12.8. The summed E-state index contributed by atoms with van der Waals surface area (Å²) in [5, 5.41) is 10.2. The van der Waals surface area contributed by atoms with Gasteiger partial charge in [0.15, 0.2) is 0 Å². The first-order valence-corrected chi connectivity index (χ1v) is 19.4. The Labute approximate surface area is 303 Å². The molecule has 8 rings (SSSR count). The third kappa shape index (κ3) is 7.18. The van der Waals surface area contributed by atoms with Crippen LogP contribution in [0.25, 0.3) is 11.1 Å². The van der Waals surface area contributed by atoms with Crippen molar-refractivity contribution >= 4 is 23.4 Å². The number of anilines is 3. The molecule has 3 saturated heterocycles. The standard InChI is InChI=1S/C41H55N7O3/c1-29-33(26-36(49)50)38(47-19-11-40(2,3)12-20-47)37(34(43-29)28-45-17-13-41(14-18-45)9-4-10-41)31-5-6-32-27-48(16-8-30(32)25-31)39-42-15-7-35(44-39)46-21-23-51-24-22-46/h5-7,15,25H,4,8-14,16-24,26-28H2,1-3H3,(H,49,50). The molecule has 1 saturated carbocycles. The Morgan fingerprint density at radius 2 is 1.63 bits per heavy atom. The average molecular weight is 694 g/mol. The first kappa shape index (κ1) is 34.3. The zero-order chi connectivity index (χ0) is 35.2. The van der Waals surface area contributed by atoms with E-state index in [1.807, 2.05) is 19.2 Å². The first-order valence-electron chi connectivity index (χ1n) is 19.4. The molecule has 0 unspecified atom stereocenters. The number of piperidine rings is 2. The number of aryl methyl sites for hydroxylation is 1. The Morgan fingerprint density at radius 1 is 0.863 bits per heavy atom. The molecule has 272 valence electrons. The fraction of sp³-hybridized carbons (Fsp3) is 0.610. The molecule has 6 heterocycles. The van der Waals surface area contributed by atoms with Crippen molar-refractivity contribution in [2.75, 3.05) is 73.7 Å². The van der Waals surface area contributed by atoms with Crippen molar-refractivity contribution in [2.24, 2.45) is 10.8 Å². The van der Waals surface area contributed by atoms with E-state index in [1.165, 1.54) is 43.2 Å². The number of carboxylic acid groups (broad SMARTS) is 1. The fourth-order valence-corrected chi connectivity index (χ4v) is 9.16. The van der Waals surface area contributed by atoms with E-state index >= 15 is 0 Å². The van der Waals surface area contributed by atoms with Crippen LogP contribution < -0.4 is 14.7 Å². The SMILES string of the molecule is Cc1nc(CN2CCC3(CCC3)CC2)c(-c2ccc3c(c2)CCN(c2nccc(N4CCOCC4)n2)C3)c(N2CCC(C)(C)CC2)c1CC(=O)O. The van der Waals surface area contributed by atoms with Crippen LogP contribution in [0, 0.1) is 17.8 Å². The molecule has 4 aliphatic heterocycles. The first-order chi connectivity index (χ1) is 24.7. The minimum atomic E-state index is -0.801. The minimum absolute atomic E-state index is 0.0169. The van der Waals surface area contributed by atoms with Gasteiger partial charge in [0, 0.05) is 68.8 Å². The van der Waals surface area contributed by atoms with Gasteiger partial charge in [0.25, 0.3) is 0 Å². The monoisotopic (exact) mass is 693 g/mol. The summed E-state index contributed by atoms with van der Waals surface area (Å²) in [5.41, 5.74) is 9.73. The van der Waals surface area contributed by atoms with Gasteiger partial charge in [0.1, 0.15) is 5.82 Å². The van der Waals surface area contributed by atoms with E-state index in [0.29, 0.717) is 5.41 Å². The number of fused-ring (bicyclic) bond motifs is 1. The highest BCUT2D eigenvalue weighted by Gasteiger charge is 2.40. The van der Waals surface area contributed by atoms with Crippen molar-refractivity contribution in [3.63, 3.8) is 0 Å². The van der Waals surface area contributed by atoms with Gasteiger partial charge >= 0.3 is 5.97 Å². The van der Waals surface area contributed by atoms with Gasteiger partial charge in [-0.05, 0) is 98.5 Å². The summed E-state index contributed by atoms with van der Waals surface area (Å²) < 4.78 is 5.56. The van der Waals surface area contributed by atoms with Crippen LogP contribution in [0.3, 0.4) is 0 Å². The van der Waals surface area contributed by atoms with Crippen molar-refractivity contribution in [3.8, 4) is 11.1 Å². The van der Waals surface area contributed by atoms with Crippen molar-refractivity contribution in [3.05, 3.63) is 58.5 Å². The van der Waals surface area contributed by atoms with Crippen LogP contribution >= 0.6 is 0 Å². The molecule has 0 bridgehead atoms. The molecule has 5 aliphatic rings. The van der Waals surface area contributed by atoms with Crippen LogP contribution in [-0.4, -0.2) is 90.0 Å². The van der Waals surface area contributed by atoms with Crippen molar-refractivity contribution in [1.82, 2.24) is 19.9 Å². The van der Waals surface area contributed by atoms with E-state index in [9.17, 15) is 9.90 Å². The summed E-state index contributed by atoms with van der Waals surface area (Å²) in [6.45, 7) is 16.4. The molecular weight excluding hydrogens is 638 g/mol. The number of benzene rings is 1. The molecule has 2 aromatic heterocycles. The van der Waals surface area contributed by atoms with Crippen molar-refractivity contribution in [1.29, 1.82) is 0 Å². The molecule has 3 aromatic rings. The van der Waals surface area contributed by atoms with Gasteiger partial charge in [-0.1, -0.05) is 38.5 Å². The Balaban J connectivity index is 1.14. The molecule has 4 fully saturated rings. The van der Waals surface area contributed by atoms with E-state index < -0.39 is 5.97 Å². The van der Waals surface area contributed by atoms with Gasteiger partial charge in [-0.15, -0.1) is 0 Å². The molecule has 0 atom stereocenters. The van der Waals surface area contributed by atoms with Crippen LogP contribution in [0.4, 0.5) is 17.5 Å². The molecular formula is C41H55N7O3. The lowest BCUT2D eigenvalue weighted by Crippen LogP contribution is -2.43. The van der Waals surface area contributed by atoms with E-state index in [1.54, 1.807) is 0 Å². The second kappa shape index (κ2) is 14.0. The highest BCUT2D eigenvalue weighted by molar-refractivity contribution is 5.87. The molecule has 10 heteroatoms. The van der Waals surface area contributed by atoms with Crippen molar-refractivity contribution in [2.45, 2.75) is 91.6 Å². The topological polar surface area (TPSA) is 98.2 Å². The summed E-state index contributed by atoms with van der Waals surface area (Å²) in [5.74, 6) is 0.938. The molecule has 1 N–H and O–H groups in total. The van der Waals surface area contributed by atoms with Crippen LogP contribution in [0.15, 0.2) is 30.5 Å². The molecule has 0 radical (unpaired) electrons. The minimum Gasteiger partial charge on any atom is -0.481 e. The summed E-state index contributed by atoms with van der Waals surface area (Å²) in [6, 6.07) is 8.94. The summed E-state index contributed by atoms with van der Waals surface area (Å²) in [7, 11) is 0. The number of likely N-dealkylation sites (tertiary alicyclic amines) is 1. The van der Waals surface area contributed by atoms with Crippen molar-refractivity contribution < 1.29 is 14.6 Å². The smallest absolute Gasteiger partial charge is 0.307 e. The maximum atomic E-state index is 12.4. The lowest BCUT2D eigenvalue weighted by atomic mass is 9.63. The van der Waals surface area contributed by atoms with Gasteiger partial charge in [-0.2, -0.15) is 4.98 Å². The van der Waals surface area contributed by atoms with Gasteiger partial charge in [-0.3, -0.25) is 14.7 Å². The maximum Gasteiger partial charge on any atom is 0.307 e. The molecule has 1 aromatic carbocycles. The normalized spacial score (nSPS) is 21.7. The van der Waals surface area contributed by atoms with E-state index in [0.717, 1.165) is 137 Å². The number of nitrogens with zero attached hydrogens (tertiary/aromatic N) is 7. The number of carbonyl (C=O) groups is 1. The number of aromatic nitrogens is 3. The number of rotatable bonds is 8. The van der Waals surface area contributed by atoms with E-state index in [4.69, 9.17) is 14.7 Å². The molecule has 1 aliphatic carbocycles. The van der Waals surface area contributed by atoms with Crippen LogP contribution in [0.5, 0.6) is 0 Å². The lowest BCUT2D eigenvalue weighted by Gasteiger charge is -2.48. The summed E-state index contributed by atoms with van der Waals surface area (Å²) in [6.07, 6.45) is 11.6. The fourth-order valence-electron chi connectivity index (χ4n) is 9.16. The van der Waals surface area contributed by atoms with Gasteiger partial charge in [-0.25, -0.2) is 4.98 Å². The highest BCUT2D eigenvalue weighted by atomic mass is 16.5. The number of morpholine rings is 1. The quantitative estimate of drug-likeness (QED) is 0.291. The van der Waals surface area contributed by atoms with Crippen LogP contribution in [0.1, 0.15) is 86.9 Å². The Morgan fingerprint density at radius 3 is 2.33 bits per heavy atom. The zero-order valence-corrected chi connectivity index (χ0v) is 30.9. The molecule has 51 heavy (non-hydrogen) atoms. The average Bonchev–Trinajstić information content (AvgIpc) is 3.12. The number of aliphatic carboxylic acids is 1. The van der Waals surface area contributed by atoms with Gasteiger partial charge in [0.2, 0.25) is 5.95 Å². The van der Waals surface area contributed by atoms with Gasteiger partial charge < -0.3 is 24.5 Å². The number of pyridine rings is 1. The van der Waals surface area contributed by atoms with Crippen LogP contribution in [-0.2, 0) is 35.5 Å². The van der Waals surface area contributed by atoms with Crippen LogP contribution in [0.2, 0.25) is 0 Å². The summed E-state index contributed by atoms with van der Waals surface area (Å²) in [4.78, 5) is 37.0. The molecule has 0 amide bonds. The zero-order valence-electron chi connectivity index (χ0n) is 30.9. The molecule has 1 spiro atoms. The second-order valence-electron chi connectivity index (χ2n) is 16.7. The number of hydrogen-bond donors (Lipinski definition) is 1. The Bertz CT molecular complexity index is 1750. The highest BCUT2D eigenvalue weighted by Crippen LogP contribution is 2.49. The lowest BCUT2D eigenvalue weighted by molar-refractivity contribution is -0.136. The predicted molar refractivity (Wildman–Crippen MR) is 202 cm³/mol. The predicted octanol–water partition coefficient (Wildman–Crippen LogP) is 6.27. The largest absolute Gasteiger partial charge is 0.481 e. The maximum absolute atomic E-state index is 12.4. The number of hydrogen-bond acceptors (Lipinski definition) is 9. The summed E-state index contributed by atoms with van der Waals surface area (Å²) >= 11 is 0. The Hall–Kier alpha value is -3.76. The number of ether oxygens (including phenoxy) is 1. The van der Waals surface area contributed by atoms with E-state index in [2.05, 4.69) is 56.6 Å². The Kier molecular flexibility index (Phi) is 9.42. The number of carboxylic acids is 1. The second-order valence-corrected chi connectivity index (χ2v) is 16.7. The van der Waals surface area contributed by atoms with E-state index in [-0.39, 0.29) is 11.8 Å². The molecule has 10 nitrogen and oxygen atoms in total. The third-order valence-electron chi connectivity index (χ3n) is 12.8.